The summed E-state index contributed by atoms with van der Waals surface area (Å²) in [5.74, 6) is -1.94. The van der Waals surface area contributed by atoms with Gasteiger partial charge in [0.1, 0.15) is 5.82 Å². The summed E-state index contributed by atoms with van der Waals surface area (Å²) in [6, 6.07) is 5.94. The van der Waals surface area contributed by atoms with Crippen molar-refractivity contribution in [2.24, 2.45) is 5.92 Å². The highest BCUT2D eigenvalue weighted by atomic mass is 19.4. The Hall–Kier alpha value is -1.63. The third-order valence-electron chi connectivity index (χ3n) is 3.68. The Morgan fingerprint density at radius 3 is 2.32 bits per heavy atom. The minimum Gasteiger partial charge on any atom is -0.376 e. The van der Waals surface area contributed by atoms with E-state index in [1.165, 1.54) is 12.1 Å². The standard InChI is InChI=1S/C15H17F4NO2/c16-13-3-1-11(2-4-13)9-22-10-12-5-7-20(8-6-12)14(21)15(17,18)19/h1-4,12H,5-10H2. The largest absolute Gasteiger partial charge is 0.471 e. The molecular weight excluding hydrogens is 302 g/mol. The first-order chi connectivity index (χ1) is 10.4. The summed E-state index contributed by atoms with van der Waals surface area (Å²) in [5, 5.41) is 0. The normalized spacial score (nSPS) is 16.8. The Morgan fingerprint density at radius 2 is 1.77 bits per heavy atom. The molecule has 22 heavy (non-hydrogen) atoms. The van der Waals surface area contributed by atoms with Crippen LogP contribution in [0.5, 0.6) is 0 Å². The van der Waals surface area contributed by atoms with Crippen LogP contribution in [0.1, 0.15) is 18.4 Å². The van der Waals surface area contributed by atoms with E-state index in [1.807, 2.05) is 0 Å². The van der Waals surface area contributed by atoms with Gasteiger partial charge in [-0.15, -0.1) is 0 Å². The van der Waals surface area contributed by atoms with E-state index in [4.69, 9.17) is 4.74 Å². The van der Waals surface area contributed by atoms with Gasteiger partial charge in [-0.2, -0.15) is 13.2 Å². The smallest absolute Gasteiger partial charge is 0.376 e. The van der Waals surface area contributed by atoms with Crippen molar-refractivity contribution in [1.82, 2.24) is 4.90 Å². The molecule has 1 heterocycles. The molecule has 1 aromatic carbocycles. The Bertz CT molecular complexity index is 493. The van der Waals surface area contributed by atoms with Gasteiger partial charge >= 0.3 is 12.1 Å². The van der Waals surface area contributed by atoms with Crippen LogP contribution in [-0.4, -0.2) is 36.7 Å². The zero-order chi connectivity index (χ0) is 16.2. The highest BCUT2D eigenvalue weighted by Gasteiger charge is 2.43. The van der Waals surface area contributed by atoms with Gasteiger partial charge in [-0.05, 0) is 36.5 Å². The number of likely N-dealkylation sites (tertiary alicyclic amines) is 1. The van der Waals surface area contributed by atoms with Crippen molar-refractivity contribution in [3.05, 3.63) is 35.6 Å². The Kier molecular flexibility index (Phi) is 5.39. The van der Waals surface area contributed by atoms with Gasteiger partial charge in [0, 0.05) is 19.7 Å². The zero-order valence-electron chi connectivity index (χ0n) is 11.9. The predicted molar refractivity (Wildman–Crippen MR) is 71.4 cm³/mol. The third-order valence-corrected chi connectivity index (χ3v) is 3.68. The summed E-state index contributed by atoms with van der Waals surface area (Å²) < 4.78 is 55.2. The van der Waals surface area contributed by atoms with Crippen LogP contribution in [0.15, 0.2) is 24.3 Å². The van der Waals surface area contributed by atoms with Crippen LogP contribution in [0.4, 0.5) is 17.6 Å². The van der Waals surface area contributed by atoms with E-state index in [-0.39, 0.29) is 24.8 Å². The van der Waals surface area contributed by atoms with Crippen LogP contribution < -0.4 is 0 Å². The van der Waals surface area contributed by atoms with Crippen LogP contribution in [0, 0.1) is 11.7 Å². The highest BCUT2D eigenvalue weighted by molar-refractivity contribution is 5.81. The molecule has 0 atom stereocenters. The zero-order valence-corrected chi connectivity index (χ0v) is 11.9. The second-order valence-corrected chi connectivity index (χ2v) is 5.37. The maximum absolute atomic E-state index is 12.7. The second-order valence-electron chi connectivity index (χ2n) is 5.37. The van der Waals surface area contributed by atoms with Gasteiger partial charge in [0.05, 0.1) is 6.61 Å². The number of hydrogen-bond acceptors (Lipinski definition) is 2. The van der Waals surface area contributed by atoms with Gasteiger partial charge < -0.3 is 9.64 Å². The van der Waals surface area contributed by atoms with Crippen molar-refractivity contribution in [2.75, 3.05) is 19.7 Å². The molecule has 0 N–H and O–H groups in total. The predicted octanol–water partition coefficient (Wildman–Crippen LogP) is 3.14. The lowest BCUT2D eigenvalue weighted by molar-refractivity contribution is -0.187. The van der Waals surface area contributed by atoms with Gasteiger partial charge in [-0.1, -0.05) is 12.1 Å². The number of carbonyl (C=O) groups excluding carboxylic acids is 1. The molecule has 1 aliphatic heterocycles. The molecule has 0 bridgehead atoms. The number of amides is 1. The Balaban J connectivity index is 1.69. The number of rotatable bonds is 4. The molecular formula is C15H17F4NO2. The van der Waals surface area contributed by atoms with Crippen LogP contribution >= 0.6 is 0 Å². The van der Waals surface area contributed by atoms with E-state index in [0.29, 0.717) is 26.1 Å². The van der Waals surface area contributed by atoms with Crippen LogP contribution in [0.25, 0.3) is 0 Å². The number of alkyl halides is 3. The average Bonchev–Trinajstić information content (AvgIpc) is 2.48. The fourth-order valence-electron chi connectivity index (χ4n) is 2.41. The van der Waals surface area contributed by atoms with E-state index < -0.39 is 12.1 Å². The Labute approximate surface area is 125 Å². The molecule has 1 fully saturated rings. The SMILES string of the molecule is O=C(N1CCC(COCc2ccc(F)cc2)CC1)C(F)(F)F. The molecule has 1 saturated heterocycles. The summed E-state index contributed by atoms with van der Waals surface area (Å²) in [5.41, 5.74) is 0.839. The van der Waals surface area contributed by atoms with Crippen LogP contribution in [0.3, 0.4) is 0 Å². The summed E-state index contributed by atoms with van der Waals surface area (Å²) >= 11 is 0. The second kappa shape index (κ2) is 7.09. The lowest BCUT2D eigenvalue weighted by Crippen LogP contribution is -2.45. The summed E-state index contributed by atoms with van der Waals surface area (Å²) in [4.78, 5) is 11.9. The third kappa shape index (κ3) is 4.69. The summed E-state index contributed by atoms with van der Waals surface area (Å²) in [7, 11) is 0. The van der Waals surface area contributed by atoms with E-state index in [2.05, 4.69) is 0 Å². The van der Waals surface area contributed by atoms with Crippen molar-refractivity contribution in [3.8, 4) is 0 Å². The molecule has 3 nitrogen and oxygen atoms in total. The number of carbonyl (C=O) groups is 1. The number of benzene rings is 1. The van der Waals surface area contributed by atoms with E-state index in [9.17, 15) is 22.4 Å². The van der Waals surface area contributed by atoms with Crippen molar-refractivity contribution < 1.29 is 27.1 Å². The van der Waals surface area contributed by atoms with Crippen molar-refractivity contribution in [1.29, 1.82) is 0 Å². The van der Waals surface area contributed by atoms with Crippen molar-refractivity contribution in [3.63, 3.8) is 0 Å². The lowest BCUT2D eigenvalue weighted by atomic mass is 9.98. The molecule has 0 radical (unpaired) electrons. The highest BCUT2D eigenvalue weighted by Crippen LogP contribution is 2.24. The van der Waals surface area contributed by atoms with E-state index >= 15 is 0 Å². The minimum atomic E-state index is -4.80. The first-order valence-electron chi connectivity index (χ1n) is 7.04. The number of hydrogen-bond donors (Lipinski definition) is 0. The van der Waals surface area contributed by atoms with Gasteiger partial charge in [0.2, 0.25) is 0 Å². The molecule has 1 aromatic rings. The fraction of sp³-hybridized carbons (Fsp3) is 0.533. The van der Waals surface area contributed by atoms with Gasteiger partial charge in [0.15, 0.2) is 0 Å². The monoisotopic (exact) mass is 319 g/mol. The maximum atomic E-state index is 12.7. The number of piperidine rings is 1. The van der Waals surface area contributed by atoms with Crippen molar-refractivity contribution in [2.45, 2.75) is 25.6 Å². The first-order valence-corrected chi connectivity index (χ1v) is 7.04. The molecule has 2 rings (SSSR count). The molecule has 0 spiro atoms. The van der Waals surface area contributed by atoms with E-state index in [1.54, 1.807) is 12.1 Å². The molecule has 0 aromatic heterocycles. The summed E-state index contributed by atoms with van der Waals surface area (Å²) in [6.07, 6.45) is -3.82. The lowest BCUT2D eigenvalue weighted by Gasteiger charge is -2.32. The number of halogens is 4. The summed E-state index contributed by atoms with van der Waals surface area (Å²) in [6.45, 7) is 0.958. The molecule has 0 unspecified atom stereocenters. The number of ether oxygens (including phenoxy) is 1. The molecule has 0 saturated carbocycles. The maximum Gasteiger partial charge on any atom is 0.471 e. The van der Waals surface area contributed by atoms with Crippen molar-refractivity contribution >= 4 is 5.91 Å². The van der Waals surface area contributed by atoms with Gasteiger partial charge in [-0.3, -0.25) is 4.79 Å². The molecule has 0 aliphatic carbocycles. The van der Waals surface area contributed by atoms with E-state index in [0.717, 1.165) is 10.5 Å². The number of nitrogens with zero attached hydrogens (tertiary/aromatic N) is 1. The Morgan fingerprint density at radius 1 is 1.18 bits per heavy atom. The average molecular weight is 319 g/mol. The fourth-order valence-corrected chi connectivity index (χ4v) is 2.41. The topological polar surface area (TPSA) is 29.5 Å². The minimum absolute atomic E-state index is 0.100. The molecule has 122 valence electrons. The quantitative estimate of drug-likeness (QED) is 0.798. The molecule has 7 heteroatoms. The van der Waals surface area contributed by atoms with Gasteiger partial charge in [-0.25, -0.2) is 4.39 Å². The van der Waals surface area contributed by atoms with Gasteiger partial charge in [0.25, 0.3) is 0 Å². The van der Waals surface area contributed by atoms with Crippen LogP contribution in [0.2, 0.25) is 0 Å². The van der Waals surface area contributed by atoms with Crippen LogP contribution in [-0.2, 0) is 16.1 Å². The first kappa shape index (κ1) is 16.7. The molecule has 1 amide bonds. The molecule has 1 aliphatic rings.